The van der Waals surface area contributed by atoms with Crippen LogP contribution in [0.4, 0.5) is 36.4 Å². The van der Waals surface area contributed by atoms with Crippen LogP contribution in [0.3, 0.4) is 0 Å². The minimum atomic E-state index is -4.80. The third-order valence-corrected chi connectivity index (χ3v) is 5.01. The summed E-state index contributed by atoms with van der Waals surface area (Å²) in [6, 6.07) is -1.48. The smallest absolute Gasteiger partial charge is 0.319 e. The molecule has 1 aliphatic rings. The van der Waals surface area contributed by atoms with Crippen molar-refractivity contribution in [3.8, 4) is 0 Å². The summed E-state index contributed by atoms with van der Waals surface area (Å²) in [5, 5.41) is 5.12. The molecule has 1 saturated carbocycles. The molecule has 1 unspecified atom stereocenters. The fourth-order valence-corrected chi connectivity index (χ4v) is 3.46. The number of anilines is 1. The molecule has 4 nitrogen and oxygen atoms in total. The summed E-state index contributed by atoms with van der Waals surface area (Å²) in [5.41, 5.74) is -2.51. The summed E-state index contributed by atoms with van der Waals surface area (Å²) in [4.78, 5) is 12.4. The molecule has 0 aliphatic heterocycles. The molecular weight excluding hydrogens is 463 g/mol. The topological polar surface area (TPSA) is 46.9 Å². The van der Waals surface area contributed by atoms with Gasteiger partial charge in [0.15, 0.2) is 29.0 Å². The van der Waals surface area contributed by atoms with Crippen LogP contribution < -0.4 is 5.32 Å². The molecule has 0 saturated heterocycles. The van der Waals surface area contributed by atoms with E-state index in [9.17, 15) is 35.5 Å². The Kier molecular flexibility index (Phi) is 5.19. The van der Waals surface area contributed by atoms with Crippen molar-refractivity contribution in [1.82, 2.24) is 9.78 Å². The van der Waals surface area contributed by atoms with Crippen LogP contribution in [0.25, 0.3) is 0 Å². The Morgan fingerprint density at radius 2 is 1.75 bits per heavy atom. The molecule has 0 spiro atoms. The van der Waals surface area contributed by atoms with Crippen molar-refractivity contribution < 1.29 is 35.5 Å². The Hall–Kier alpha value is -2.11. The summed E-state index contributed by atoms with van der Waals surface area (Å²) in [7, 11) is 0. The molecule has 1 aromatic heterocycles. The average molecular weight is 474 g/mol. The number of rotatable bonds is 4. The second-order valence-electron chi connectivity index (χ2n) is 6.27. The quantitative estimate of drug-likeness (QED) is 0.483. The number of hydrogen-bond donors (Lipinski definition) is 1. The van der Waals surface area contributed by atoms with Gasteiger partial charge in [0.25, 0.3) is 0 Å². The molecule has 1 amide bonds. The number of nitrogens with zero attached hydrogens (tertiary/aromatic N) is 2. The number of carbonyl (C=O) groups excluding carboxylic acids is 1. The molecule has 0 radical (unpaired) electrons. The van der Waals surface area contributed by atoms with Crippen molar-refractivity contribution in [2.75, 3.05) is 5.32 Å². The highest BCUT2D eigenvalue weighted by Crippen LogP contribution is 2.47. The van der Waals surface area contributed by atoms with Gasteiger partial charge in [-0.05, 0) is 35.7 Å². The highest BCUT2D eigenvalue weighted by Gasteiger charge is 2.43. The maximum absolute atomic E-state index is 13.7. The Bertz CT molecular complexity index is 927. The number of amides is 1. The minimum Gasteiger partial charge on any atom is -0.319 e. The first-order valence-electron chi connectivity index (χ1n) is 7.92. The number of carbonyl (C=O) groups is 1. The standard InChI is InChI=1S/C16H11BrF7N3O/c1-5(15(28)25-12-10(20)7(18)4-8(19)11(12)21)27-13(6-2-3-6)9(17)14(26-27)16(22,23)24/h4-6H,2-3H2,1H3,(H,25,28). The second kappa shape index (κ2) is 7.05. The predicted octanol–water partition coefficient (Wildman–Crippen LogP) is 5.30. The summed E-state index contributed by atoms with van der Waals surface area (Å²) in [5.74, 6) is -8.61. The van der Waals surface area contributed by atoms with Crippen molar-refractivity contribution in [1.29, 1.82) is 0 Å². The lowest BCUT2D eigenvalue weighted by atomic mass is 10.2. The van der Waals surface area contributed by atoms with Crippen LogP contribution in [0.5, 0.6) is 0 Å². The van der Waals surface area contributed by atoms with Crippen molar-refractivity contribution in [3.05, 3.63) is 45.2 Å². The minimum absolute atomic E-state index is 0.0326. The molecule has 1 aliphatic carbocycles. The predicted molar refractivity (Wildman–Crippen MR) is 86.5 cm³/mol. The number of nitrogens with one attached hydrogen (secondary N) is 1. The maximum Gasteiger partial charge on any atom is 0.436 e. The molecule has 1 aromatic carbocycles. The van der Waals surface area contributed by atoms with Gasteiger partial charge in [0.1, 0.15) is 11.7 Å². The molecule has 1 heterocycles. The number of benzene rings is 1. The van der Waals surface area contributed by atoms with Crippen LogP contribution in [0.15, 0.2) is 10.5 Å². The van der Waals surface area contributed by atoms with Gasteiger partial charge < -0.3 is 5.32 Å². The van der Waals surface area contributed by atoms with Crippen LogP contribution in [0.2, 0.25) is 0 Å². The molecule has 28 heavy (non-hydrogen) atoms. The van der Waals surface area contributed by atoms with Gasteiger partial charge in [-0.3, -0.25) is 9.48 Å². The van der Waals surface area contributed by atoms with Crippen molar-refractivity contribution in [3.63, 3.8) is 0 Å². The summed E-state index contributed by atoms with van der Waals surface area (Å²) < 4.78 is 93.9. The Morgan fingerprint density at radius 1 is 1.21 bits per heavy atom. The van der Waals surface area contributed by atoms with Gasteiger partial charge in [0.05, 0.1) is 10.2 Å². The number of alkyl halides is 3. The monoisotopic (exact) mass is 473 g/mol. The SMILES string of the molecule is CC(C(=O)Nc1c(F)c(F)cc(F)c1F)n1nc(C(F)(F)F)c(Br)c1C1CC1. The van der Waals surface area contributed by atoms with Gasteiger partial charge in [0.2, 0.25) is 5.91 Å². The summed E-state index contributed by atoms with van der Waals surface area (Å²) >= 11 is 2.85. The van der Waals surface area contributed by atoms with E-state index in [0.29, 0.717) is 12.8 Å². The van der Waals surface area contributed by atoms with E-state index >= 15 is 0 Å². The second-order valence-corrected chi connectivity index (χ2v) is 7.07. The highest BCUT2D eigenvalue weighted by atomic mass is 79.9. The molecule has 2 aromatic rings. The van der Waals surface area contributed by atoms with Crippen LogP contribution >= 0.6 is 15.9 Å². The zero-order valence-corrected chi connectivity index (χ0v) is 15.6. The number of halogens is 8. The van der Waals surface area contributed by atoms with Crippen molar-refractivity contribution in [2.24, 2.45) is 0 Å². The Labute approximate surface area is 161 Å². The van der Waals surface area contributed by atoms with E-state index in [1.807, 2.05) is 0 Å². The zero-order chi connectivity index (χ0) is 21.0. The third-order valence-electron chi connectivity index (χ3n) is 4.23. The van der Waals surface area contributed by atoms with Crippen LogP contribution in [0, 0.1) is 23.3 Å². The van der Waals surface area contributed by atoms with E-state index in [4.69, 9.17) is 0 Å². The lowest BCUT2D eigenvalue weighted by Gasteiger charge is -2.17. The fraction of sp³-hybridized carbons (Fsp3) is 0.375. The van der Waals surface area contributed by atoms with E-state index in [1.165, 1.54) is 0 Å². The molecule has 0 bridgehead atoms. The molecule has 1 N–H and O–H groups in total. The largest absolute Gasteiger partial charge is 0.436 e. The van der Waals surface area contributed by atoms with E-state index < -0.39 is 52.8 Å². The average Bonchev–Trinajstić information content (AvgIpc) is 3.37. The van der Waals surface area contributed by atoms with Gasteiger partial charge in [-0.25, -0.2) is 17.6 Å². The third kappa shape index (κ3) is 3.61. The molecular formula is C16H11BrF7N3O. The van der Waals surface area contributed by atoms with E-state index in [2.05, 4.69) is 21.0 Å². The molecule has 1 fully saturated rings. The van der Waals surface area contributed by atoms with Gasteiger partial charge >= 0.3 is 6.18 Å². The summed E-state index contributed by atoms with van der Waals surface area (Å²) in [6.07, 6.45) is -3.64. The molecule has 3 rings (SSSR count). The lowest BCUT2D eigenvalue weighted by molar-refractivity contribution is -0.142. The first kappa shape index (κ1) is 20.6. The Morgan fingerprint density at radius 3 is 2.21 bits per heavy atom. The number of hydrogen-bond acceptors (Lipinski definition) is 2. The van der Waals surface area contributed by atoms with E-state index in [0.717, 1.165) is 11.6 Å². The zero-order valence-electron chi connectivity index (χ0n) is 14.0. The van der Waals surface area contributed by atoms with Gasteiger partial charge in [-0.1, -0.05) is 0 Å². The van der Waals surface area contributed by atoms with Crippen LogP contribution in [-0.4, -0.2) is 15.7 Å². The normalized spacial score (nSPS) is 15.6. The summed E-state index contributed by atoms with van der Waals surface area (Å²) in [6.45, 7) is 1.15. The van der Waals surface area contributed by atoms with Gasteiger partial charge in [0, 0.05) is 12.0 Å². The van der Waals surface area contributed by atoms with Crippen molar-refractivity contribution in [2.45, 2.75) is 37.9 Å². The Balaban J connectivity index is 1.97. The van der Waals surface area contributed by atoms with E-state index in [1.54, 1.807) is 5.32 Å². The fourth-order valence-electron chi connectivity index (χ4n) is 2.65. The van der Waals surface area contributed by atoms with Gasteiger partial charge in [-0.15, -0.1) is 0 Å². The first-order chi connectivity index (χ1) is 12.9. The maximum atomic E-state index is 13.7. The lowest BCUT2D eigenvalue weighted by Crippen LogP contribution is -2.27. The number of aromatic nitrogens is 2. The highest BCUT2D eigenvalue weighted by molar-refractivity contribution is 9.10. The molecule has 12 heteroatoms. The molecule has 152 valence electrons. The van der Waals surface area contributed by atoms with Crippen molar-refractivity contribution >= 4 is 27.5 Å². The van der Waals surface area contributed by atoms with Crippen LogP contribution in [-0.2, 0) is 11.0 Å². The van der Waals surface area contributed by atoms with Crippen LogP contribution in [0.1, 0.15) is 43.1 Å². The first-order valence-corrected chi connectivity index (χ1v) is 8.71. The van der Waals surface area contributed by atoms with E-state index in [-0.39, 0.29) is 22.2 Å². The molecule has 1 atom stereocenters. The van der Waals surface area contributed by atoms with Gasteiger partial charge in [-0.2, -0.15) is 18.3 Å².